The number of carbonyl (C=O) groups is 2. The van der Waals surface area contributed by atoms with Gasteiger partial charge in [0.2, 0.25) is 0 Å². The first kappa shape index (κ1) is 18.9. The smallest absolute Gasteiger partial charge is 0.317 e. The first-order valence-corrected chi connectivity index (χ1v) is 8.82. The lowest BCUT2D eigenvalue weighted by molar-refractivity contribution is -0.151. The van der Waals surface area contributed by atoms with Crippen LogP contribution < -0.4 is 0 Å². The van der Waals surface area contributed by atoms with Gasteiger partial charge in [0.15, 0.2) is 5.78 Å². The Labute approximate surface area is 149 Å². The molecule has 3 heteroatoms. The third-order valence-electron chi connectivity index (χ3n) is 4.34. The number of ketones is 1. The van der Waals surface area contributed by atoms with Gasteiger partial charge in [-0.3, -0.25) is 9.59 Å². The minimum atomic E-state index is -0.814. The molecule has 0 aliphatic carbocycles. The van der Waals surface area contributed by atoms with E-state index < -0.39 is 11.9 Å². The fraction of sp³-hybridized carbons (Fsp3) is 0.364. The normalized spacial score (nSPS) is 13.1. The molecule has 0 aromatic heterocycles. The summed E-state index contributed by atoms with van der Waals surface area (Å²) >= 11 is 0. The molecule has 0 N–H and O–H groups in total. The minimum absolute atomic E-state index is 0.182. The summed E-state index contributed by atoms with van der Waals surface area (Å²) < 4.78 is 5.23. The number of fused-ring (bicyclic) bond motifs is 1. The van der Waals surface area contributed by atoms with Crippen molar-refractivity contribution in [3.05, 3.63) is 59.7 Å². The van der Waals surface area contributed by atoms with E-state index in [0.29, 0.717) is 6.42 Å². The number of allylic oxidation sites excluding steroid dienone is 2. The second-order valence-electron chi connectivity index (χ2n) is 6.44. The number of hydrogen-bond donors (Lipinski definition) is 0. The maximum absolute atomic E-state index is 12.8. The number of ether oxygens (including phenoxy) is 1. The second kappa shape index (κ2) is 8.61. The van der Waals surface area contributed by atoms with Crippen LogP contribution in [-0.2, 0) is 14.3 Å². The highest BCUT2D eigenvalue weighted by Gasteiger charge is 2.35. The molecule has 2 rings (SSSR count). The summed E-state index contributed by atoms with van der Waals surface area (Å²) in [4.78, 5) is 25.4. The van der Waals surface area contributed by atoms with E-state index in [1.807, 2.05) is 63.2 Å². The summed E-state index contributed by atoms with van der Waals surface area (Å²) in [6, 6.07) is 14.1. The molecule has 0 fully saturated rings. The molecule has 2 aromatic carbocycles. The van der Waals surface area contributed by atoms with Crippen molar-refractivity contribution in [1.29, 1.82) is 0 Å². The Kier molecular flexibility index (Phi) is 6.51. The second-order valence-corrected chi connectivity index (χ2v) is 6.44. The standard InChI is InChI=1S/C22H26O3/c1-5-17(19-13-9-11-16-10-7-8-12-18(16)19)21(22(24)25-6-2)20(23)14-15(3)4/h7-14,17,21H,5-6H2,1-4H3. The van der Waals surface area contributed by atoms with E-state index >= 15 is 0 Å². The lowest BCUT2D eigenvalue weighted by Gasteiger charge is -2.24. The summed E-state index contributed by atoms with van der Waals surface area (Å²) in [6.07, 6.45) is 2.23. The molecule has 0 amide bonds. The Morgan fingerprint density at radius 2 is 1.72 bits per heavy atom. The molecule has 0 spiro atoms. The van der Waals surface area contributed by atoms with Gasteiger partial charge in [-0.2, -0.15) is 0 Å². The quantitative estimate of drug-likeness (QED) is 0.403. The van der Waals surface area contributed by atoms with Crippen molar-refractivity contribution in [2.45, 2.75) is 40.0 Å². The molecule has 0 bridgehead atoms. The summed E-state index contributed by atoms with van der Waals surface area (Å²) in [5, 5.41) is 2.19. The van der Waals surface area contributed by atoms with Crippen LogP contribution in [0.5, 0.6) is 0 Å². The topological polar surface area (TPSA) is 43.4 Å². The van der Waals surface area contributed by atoms with E-state index in [0.717, 1.165) is 21.9 Å². The molecule has 2 aromatic rings. The van der Waals surface area contributed by atoms with E-state index in [1.54, 1.807) is 13.0 Å². The van der Waals surface area contributed by atoms with Gasteiger partial charge in [0.1, 0.15) is 5.92 Å². The van der Waals surface area contributed by atoms with Gasteiger partial charge in [0.05, 0.1) is 6.61 Å². The van der Waals surface area contributed by atoms with Gasteiger partial charge in [-0.1, -0.05) is 55.0 Å². The Bertz CT molecular complexity index is 779. The van der Waals surface area contributed by atoms with Gasteiger partial charge < -0.3 is 4.74 Å². The highest BCUT2D eigenvalue weighted by molar-refractivity contribution is 6.06. The van der Waals surface area contributed by atoms with Crippen LogP contribution in [0.4, 0.5) is 0 Å². The first-order chi connectivity index (χ1) is 12.0. The lowest BCUT2D eigenvalue weighted by Crippen LogP contribution is -2.31. The zero-order valence-corrected chi connectivity index (χ0v) is 15.4. The fourth-order valence-electron chi connectivity index (χ4n) is 3.29. The van der Waals surface area contributed by atoms with Crippen LogP contribution in [0.25, 0.3) is 10.8 Å². The third kappa shape index (κ3) is 4.36. The van der Waals surface area contributed by atoms with Crippen molar-refractivity contribution in [3.63, 3.8) is 0 Å². The van der Waals surface area contributed by atoms with Gasteiger partial charge in [0, 0.05) is 5.92 Å². The molecular formula is C22H26O3. The number of rotatable bonds is 7. The first-order valence-electron chi connectivity index (χ1n) is 8.82. The Balaban J connectivity index is 2.57. The fourth-order valence-corrected chi connectivity index (χ4v) is 3.29. The average molecular weight is 338 g/mol. The van der Waals surface area contributed by atoms with Crippen molar-refractivity contribution < 1.29 is 14.3 Å². The molecule has 0 saturated carbocycles. The van der Waals surface area contributed by atoms with Crippen molar-refractivity contribution in [2.75, 3.05) is 6.61 Å². The zero-order valence-electron chi connectivity index (χ0n) is 15.4. The van der Waals surface area contributed by atoms with Crippen LogP contribution in [0.15, 0.2) is 54.1 Å². The van der Waals surface area contributed by atoms with Crippen molar-refractivity contribution >= 4 is 22.5 Å². The average Bonchev–Trinajstić information content (AvgIpc) is 2.58. The molecule has 2 unspecified atom stereocenters. The molecule has 0 radical (unpaired) electrons. The maximum Gasteiger partial charge on any atom is 0.317 e. The number of hydrogen-bond acceptors (Lipinski definition) is 3. The molecular weight excluding hydrogens is 312 g/mol. The van der Waals surface area contributed by atoms with Crippen LogP contribution in [0, 0.1) is 5.92 Å². The third-order valence-corrected chi connectivity index (χ3v) is 4.34. The van der Waals surface area contributed by atoms with E-state index in [1.165, 1.54) is 0 Å². The van der Waals surface area contributed by atoms with Crippen LogP contribution in [0.2, 0.25) is 0 Å². The molecule has 0 saturated heterocycles. The maximum atomic E-state index is 12.8. The van der Waals surface area contributed by atoms with Gasteiger partial charge in [0.25, 0.3) is 0 Å². The lowest BCUT2D eigenvalue weighted by atomic mass is 9.79. The molecule has 2 atom stereocenters. The summed E-state index contributed by atoms with van der Waals surface area (Å²) in [5.41, 5.74) is 1.90. The van der Waals surface area contributed by atoms with Gasteiger partial charge in [-0.05, 0) is 49.6 Å². The largest absolute Gasteiger partial charge is 0.465 e. The zero-order chi connectivity index (χ0) is 18.4. The molecule has 25 heavy (non-hydrogen) atoms. The minimum Gasteiger partial charge on any atom is -0.465 e. The van der Waals surface area contributed by atoms with E-state index in [-0.39, 0.29) is 18.3 Å². The van der Waals surface area contributed by atoms with Crippen LogP contribution in [0.3, 0.4) is 0 Å². The molecule has 3 nitrogen and oxygen atoms in total. The number of carbonyl (C=O) groups excluding carboxylic acids is 2. The van der Waals surface area contributed by atoms with Gasteiger partial charge in [-0.25, -0.2) is 0 Å². The Hall–Kier alpha value is -2.42. The predicted molar refractivity (Wildman–Crippen MR) is 102 cm³/mol. The van der Waals surface area contributed by atoms with Crippen LogP contribution in [0.1, 0.15) is 45.6 Å². The summed E-state index contributed by atoms with van der Waals surface area (Å²) in [7, 11) is 0. The highest BCUT2D eigenvalue weighted by Crippen LogP contribution is 2.35. The summed E-state index contributed by atoms with van der Waals surface area (Å²) in [5.74, 6) is -1.65. The van der Waals surface area contributed by atoms with Crippen LogP contribution in [-0.4, -0.2) is 18.4 Å². The predicted octanol–water partition coefficient (Wildman–Crippen LogP) is 5.05. The van der Waals surface area contributed by atoms with E-state index in [9.17, 15) is 9.59 Å². The molecule has 0 heterocycles. The van der Waals surface area contributed by atoms with Crippen molar-refractivity contribution in [2.24, 2.45) is 5.92 Å². The molecule has 132 valence electrons. The Morgan fingerprint density at radius 1 is 1.04 bits per heavy atom. The Morgan fingerprint density at radius 3 is 2.36 bits per heavy atom. The van der Waals surface area contributed by atoms with Crippen LogP contribution >= 0.6 is 0 Å². The monoisotopic (exact) mass is 338 g/mol. The molecule has 0 aliphatic heterocycles. The highest BCUT2D eigenvalue weighted by atomic mass is 16.5. The SMILES string of the molecule is CCOC(=O)C(C(=O)C=C(C)C)C(CC)c1cccc2ccccc12. The molecule has 0 aliphatic rings. The van der Waals surface area contributed by atoms with Gasteiger partial charge in [-0.15, -0.1) is 0 Å². The number of benzene rings is 2. The van der Waals surface area contributed by atoms with Crippen molar-refractivity contribution in [1.82, 2.24) is 0 Å². The summed E-state index contributed by atoms with van der Waals surface area (Å²) in [6.45, 7) is 7.76. The van der Waals surface area contributed by atoms with E-state index in [4.69, 9.17) is 4.74 Å². The van der Waals surface area contributed by atoms with Crippen molar-refractivity contribution in [3.8, 4) is 0 Å². The number of esters is 1. The van der Waals surface area contributed by atoms with E-state index in [2.05, 4.69) is 0 Å². The van der Waals surface area contributed by atoms with Gasteiger partial charge >= 0.3 is 5.97 Å².